The summed E-state index contributed by atoms with van der Waals surface area (Å²) >= 11 is 0. The maximum absolute atomic E-state index is 12.0. The van der Waals surface area contributed by atoms with Crippen molar-refractivity contribution in [3.63, 3.8) is 0 Å². The zero-order valence-corrected chi connectivity index (χ0v) is 11.0. The number of nitrogens with zero attached hydrogens (tertiary/aromatic N) is 1. The maximum atomic E-state index is 12.0. The molecule has 1 N–H and O–H groups in total. The molecule has 0 aliphatic carbocycles. The van der Waals surface area contributed by atoms with Crippen molar-refractivity contribution in [2.24, 2.45) is 0 Å². The van der Waals surface area contributed by atoms with Crippen LogP contribution in [0.5, 0.6) is 5.75 Å². The molecule has 0 fully saturated rings. The highest BCUT2D eigenvalue weighted by Crippen LogP contribution is 2.27. The second kappa shape index (κ2) is 4.76. The van der Waals surface area contributed by atoms with Crippen LogP contribution in [0, 0.1) is 0 Å². The molecule has 0 aliphatic rings. The normalized spacial score (nSPS) is 10.9. The van der Waals surface area contributed by atoms with Crippen molar-refractivity contribution in [3.8, 4) is 5.75 Å². The first-order valence-electron chi connectivity index (χ1n) is 5.93. The van der Waals surface area contributed by atoms with Crippen LogP contribution in [0.3, 0.4) is 0 Å². The van der Waals surface area contributed by atoms with E-state index < -0.39 is 5.97 Å². The monoisotopic (exact) mass is 261 g/mol. The van der Waals surface area contributed by atoms with Gasteiger partial charge >= 0.3 is 5.97 Å². The predicted molar refractivity (Wildman–Crippen MR) is 72.1 cm³/mol. The fourth-order valence-electron chi connectivity index (χ4n) is 2.23. The Kier molecular flexibility index (Phi) is 3.29. The first kappa shape index (κ1) is 13.1. The minimum absolute atomic E-state index is 0.0306. The van der Waals surface area contributed by atoms with Crippen molar-refractivity contribution >= 4 is 16.9 Å². The van der Waals surface area contributed by atoms with Crippen LogP contribution in [0.2, 0.25) is 0 Å². The summed E-state index contributed by atoms with van der Waals surface area (Å²) in [6.45, 7) is 3.73. The minimum atomic E-state index is -1.13. The van der Waals surface area contributed by atoms with E-state index in [1.807, 2.05) is 13.8 Å². The third-order valence-electron chi connectivity index (χ3n) is 2.99. The minimum Gasteiger partial charge on any atom is -0.495 e. The fraction of sp³-hybridized carbons (Fsp3) is 0.286. The molecule has 0 bridgehead atoms. The van der Waals surface area contributed by atoms with Crippen LogP contribution in [0.1, 0.15) is 30.4 Å². The fourth-order valence-corrected chi connectivity index (χ4v) is 2.23. The van der Waals surface area contributed by atoms with E-state index in [0.29, 0.717) is 16.7 Å². The van der Waals surface area contributed by atoms with Crippen molar-refractivity contribution in [3.05, 3.63) is 40.2 Å². The summed E-state index contributed by atoms with van der Waals surface area (Å²) in [4.78, 5) is 23.3. The molecule has 2 aromatic rings. The Morgan fingerprint density at radius 2 is 2.05 bits per heavy atom. The van der Waals surface area contributed by atoms with Crippen molar-refractivity contribution in [1.29, 1.82) is 0 Å². The molecule has 1 heterocycles. The lowest BCUT2D eigenvalue weighted by Gasteiger charge is -2.19. The topological polar surface area (TPSA) is 68.5 Å². The highest BCUT2D eigenvalue weighted by molar-refractivity contribution is 5.92. The number of aromatic nitrogens is 1. The third-order valence-corrected chi connectivity index (χ3v) is 2.99. The Balaban J connectivity index is 3.05. The number of methoxy groups -OCH3 is 1. The molecule has 0 aliphatic heterocycles. The Morgan fingerprint density at radius 1 is 1.37 bits per heavy atom. The number of pyridine rings is 1. The quantitative estimate of drug-likeness (QED) is 0.920. The second-order valence-corrected chi connectivity index (χ2v) is 4.52. The molecule has 5 heteroatoms. The standard InChI is InChI=1S/C14H15NO4/c1-8(2)15-10(14(17)18)7-11(16)9-5-4-6-12(19-3)13(9)15/h4-8H,1-3H3,(H,17,18). The molecule has 0 amide bonds. The number of fused-ring (bicyclic) bond motifs is 1. The first-order valence-corrected chi connectivity index (χ1v) is 5.93. The van der Waals surface area contributed by atoms with Crippen molar-refractivity contribution in [2.75, 3.05) is 7.11 Å². The van der Waals surface area contributed by atoms with E-state index in [1.54, 1.807) is 22.8 Å². The Hall–Kier alpha value is -2.30. The van der Waals surface area contributed by atoms with Crippen LogP contribution in [-0.2, 0) is 0 Å². The number of carboxylic acid groups (broad SMARTS) is 1. The van der Waals surface area contributed by atoms with E-state index in [-0.39, 0.29) is 17.2 Å². The van der Waals surface area contributed by atoms with Gasteiger partial charge in [0.05, 0.1) is 12.6 Å². The summed E-state index contributed by atoms with van der Waals surface area (Å²) in [5, 5.41) is 9.72. The number of carboxylic acids is 1. The van der Waals surface area contributed by atoms with Gasteiger partial charge in [-0.2, -0.15) is 0 Å². The highest BCUT2D eigenvalue weighted by Gasteiger charge is 2.18. The first-order chi connectivity index (χ1) is 8.97. The summed E-state index contributed by atoms with van der Waals surface area (Å²) in [6, 6.07) is 6.15. The molecule has 19 heavy (non-hydrogen) atoms. The van der Waals surface area contributed by atoms with Crippen LogP contribution in [0.4, 0.5) is 0 Å². The van der Waals surface area contributed by atoms with E-state index in [9.17, 15) is 14.7 Å². The Labute approximate surface area is 110 Å². The van der Waals surface area contributed by atoms with Crippen LogP contribution >= 0.6 is 0 Å². The van der Waals surface area contributed by atoms with E-state index in [0.717, 1.165) is 6.07 Å². The van der Waals surface area contributed by atoms with E-state index in [4.69, 9.17) is 4.74 Å². The molecule has 0 unspecified atom stereocenters. The van der Waals surface area contributed by atoms with Gasteiger partial charge in [0.1, 0.15) is 11.4 Å². The van der Waals surface area contributed by atoms with Gasteiger partial charge in [-0.3, -0.25) is 4.79 Å². The molecule has 2 rings (SSSR count). The van der Waals surface area contributed by atoms with Crippen LogP contribution in [0.15, 0.2) is 29.1 Å². The van der Waals surface area contributed by atoms with E-state index >= 15 is 0 Å². The zero-order valence-electron chi connectivity index (χ0n) is 11.0. The van der Waals surface area contributed by atoms with Gasteiger partial charge in [0.15, 0.2) is 5.43 Å². The summed E-state index contributed by atoms with van der Waals surface area (Å²) in [5.41, 5.74) is 0.171. The molecular weight excluding hydrogens is 246 g/mol. The number of aromatic carboxylic acids is 1. The molecule has 5 nitrogen and oxygen atoms in total. The summed E-state index contributed by atoms with van der Waals surface area (Å²) in [7, 11) is 1.50. The number of ether oxygens (including phenoxy) is 1. The third kappa shape index (κ3) is 2.07. The van der Waals surface area contributed by atoms with Gasteiger partial charge in [0.2, 0.25) is 0 Å². The van der Waals surface area contributed by atoms with Gasteiger partial charge in [-0.05, 0) is 26.0 Å². The van der Waals surface area contributed by atoms with Gasteiger partial charge < -0.3 is 14.4 Å². The largest absolute Gasteiger partial charge is 0.495 e. The molecule has 0 saturated heterocycles. The number of benzene rings is 1. The Morgan fingerprint density at radius 3 is 2.58 bits per heavy atom. The zero-order chi connectivity index (χ0) is 14.2. The van der Waals surface area contributed by atoms with Gasteiger partial charge in [-0.25, -0.2) is 4.79 Å². The predicted octanol–water partition coefficient (Wildman–Crippen LogP) is 2.29. The lowest BCUT2D eigenvalue weighted by molar-refractivity contribution is 0.0683. The SMILES string of the molecule is COc1cccc2c(=O)cc(C(=O)O)n(C(C)C)c12. The smallest absolute Gasteiger partial charge is 0.352 e. The van der Waals surface area contributed by atoms with Crippen LogP contribution < -0.4 is 10.2 Å². The lowest BCUT2D eigenvalue weighted by atomic mass is 10.1. The number of rotatable bonds is 3. The molecule has 100 valence electrons. The average molecular weight is 261 g/mol. The van der Waals surface area contributed by atoms with E-state index in [1.165, 1.54) is 7.11 Å². The average Bonchev–Trinajstić information content (AvgIpc) is 2.37. The van der Waals surface area contributed by atoms with Crippen LogP contribution in [-0.4, -0.2) is 22.8 Å². The van der Waals surface area contributed by atoms with E-state index in [2.05, 4.69) is 0 Å². The molecular formula is C14H15NO4. The van der Waals surface area contributed by atoms with Crippen molar-refractivity contribution in [1.82, 2.24) is 4.57 Å². The highest BCUT2D eigenvalue weighted by atomic mass is 16.5. The molecule has 0 atom stereocenters. The second-order valence-electron chi connectivity index (χ2n) is 4.52. The number of hydrogen-bond donors (Lipinski definition) is 1. The molecule has 1 aromatic carbocycles. The summed E-state index contributed by atoms with van der Waals surface area (Å²) in [5.74, 6) is -0.634. The number of hydrogen-bond acceptors (Lipinski definition) is 3. The number of carbonyl (C=O) groups is 1. The maximum Gasteiger partial charge on any atom is 0.352 e. The summed E-state index contributed by atoms with van der Waals surface area (Å²) in [6.07, 6.45) is 0. The van der Waals surface area contributed by atoms with Gasteiger partial charge in [0.25, 0.3) is 0 Å². The van der Waals surface area contributed by atoms with Crippen LogP contribution in [0.25, 0.3) is 10.9 Å². The van der Waals surface area contributed by atoms with Gasteiger partial charge in [-0.15, -0.1) is 0 Å². The Bertz CT molecular complexity index is 700. The molecule has 0 radical (unpaired) electrons. The molecule has 1 aromatic heterocycles. The van der Waals surface area contributed by atoms with Gasteiger partial charge in [0, 0.05) is 17.5 Å². The van der Waals surface area contributed by atoms with Gasteiger partial charge in [-0.1, -0.05) is 6.07 Å². The molecule has 0 saturated carbocycles. The summed E-state index contributed by atoms with van der Waals surface area (Å²) < 4.78 is 6.86. The van der Waals surface area contributed by atoms with Crippen molar-refractivity contribution < 1.29 is 14.6 Å². The lowest BCUT2D eigenvalue weighted by Crippen LogP contribution is -2.20. The van der Waals surface area contributed by atoms with Crippen molar-refractivity contribution in [2.45, 2.75) is 19.9 Å². The number of para-hydroxylation sites is 1. The molecule has 0 spiro atoms.